The summed E-state index contributed by atoms with van der Waals surface area (Å²) in [5.41, 5.74) is 10.5. The normalized spacial score (nSPS) is 14.5. The largest absolute Gasteiger partial charge is 0.329 e. The molecule has 0 amide bonds. The van der Waals surface area contributed by atoms with E-state index in [0.29, 0.717) is 6.54 Å². The van der Waals surface area contributed by atoms with E-state index in [4.69, 9.17) is 11.5 Å². The van der Waals surface area contributed by atoms with Crippen molar-refractivity contribution in [2.24, 2.45) is 11.5 Å². The Bertz CT molecular complexity index is 24.7. The molecule has 4 N–H and O–H groups in total. The van der Waals surface area contributed by atoms with E-state index >= 15 is 0 Å². The van der Waals surface area contributed by atoms with E-state index in [-0.39, 0.29) is 6.04 Å². The number of hydrogen-bond acceptors (Lipinski definition) is 2. The third-order valence-corrected chi connectivity index (χ3v) is 0.827. The fourth-order valence-electron chi connectivity index (χ4n) is 0.167. The van der Waals surface area contributed by atoms with E-state index < -0.39 is 0 Å². The minimum Gasteiger partial charge on any atom is -0.329 e. The van der Waals surface area contributed by atoms with Crippen molar-refractivity contribution >= 4 is 0 Å². The van der Waals surface area contributed by atoms with Gasteiger partial charge in [-0.3, -0.25) is 0 Å². The Morgan fingerprint density at radius 2 is 2.17 bits per heavy atom. The highest BCUT2D eigenvalue weighted by Gasteiger charge is 1.88. The Morgan fingerprint density at radius 3 is 2.17 bits per heavy atom. The van der Waals surface area contributed by atoms with Crippen LogP contribution in [-0.4, -0.2) is 12.6 Å². The molecular weight excluding hydrogens is 76.1 g/mol. The van der Waals surface area contributed by atoms with Crippen LogP contribution >= 0.6 is 0 Å². The van der Waals surface area contributed by atoms with Gasteiger partial charge in [0.15, 0.2) is 0 Å². The average molecular weight is 88.2 g/mol. The zero-order valence-corrected chi connectivity index (χ0v) is 4.15. The lowest BCUT2D eigenvalue weighted by atomic mass is 10.2. The predicted molar refractivity (Wildman–Crippen MR) is 27.3 cm³/mol. The molecule has 0 aliphatic carbocycles. The molecule has 0 aliphatic rings. The molecule has 0 fully saturated rings. The summed E-state index contributed by atoms with van der Waals surface area (Å²) in [6.45, 7) is 2.63. The van der Waals surface area contributed by atoms with Gasteiger partial charge in [-0.05, 0) is 6.42 Å². The summed E-state index contributed by atoms with van der Waals surface area (Å²) in [5.74, 6) is 0. The molecule has 0 aromatic carbocycles. The molecule has 1 atom stereocenters. The Kier molecular flexibility index (Phi) is 3.08. The maximum atomic E-state index is 5.35. The fourth-order valence-corrected chi connectivity index (χ4v) is 0.167. The summed E-state index contributed by atoms with van der Waals surface area (Å²) < 4.78 is 0. The molecule has 2 heteroatoms. The number of rotatable bonds is 2. The van der Waals surface area contributed by atoms with Gasteiger partial charge >= 0.3 is 0 Å². The zero-order chi connectivity index (χ0) is 4.99. The first kappa shape index (κ1) is 5.92. The van der Waals surface area contributed by atoms with Crippen LogP contribution in [0.2, 0.25) is 0 Å². The number of hydrogen-bond donors (Lipinski definition) is 2. The molecule has 0 spiro atoms. The number of nitrogens with two attached hydrogens (primary N) is 2. The molecule has 0 saturated heterocycles. The van der Waals surface area contributed by atoms with Gasteiger partial charge in [0, 0.05) is 12.6 Å². The van der Waals surface area contributed by atoms with Crippen molar-refractivity contribution in [2.75, 3.05) is 6.54 Å². The maximum Gasteiger partial charge on any atom is 0.0160 e. The molecule has 38 valence electrons. The monoisotopic (exact) mass is 88.1 g/mol. The molecule has 0 heterocycles. The summed E-state index contributed by atoms with van der Waals surface area (Å²) in [5, 5.41) is 0. The van der Waals surface area contributed by atoms with Gasteiger partial charge in [0.2, 0.25) is 0 Å². The third kappa shape index (κ3) is 2.18. The summed E-state index contributed by atoms with van der Waals surface area (Å²) in [7, 11) is 0. The average Bonchev–Trinajstić information content (AvgIpc) is 1.65. The quantitative estimate of drug-likeness (QED) is 0.486. The van der Waals surface area contributed by atoms with E-state index in [1.54, 1.807) is 0 Å². The highest BCUT2D eigenvalue weighted by atomic mass is 14.7. The standard InChI is InChI=1S/C4H12N2/c1-2-4(6)3-5/h4H,2-3,5-6H2,1H3/t4-/m0/s1. The van der Waals surface area contributed by atoms with Crippen molar-refractivity contribution in [1.82, 2.24) is 0 Å². The second-order valence-electron chi connectivity index (χ2n) is 1.40. The highest BCUT2D eigenvalue weighted by molar-refractivity contribution is 4.55. The first-order chi connectivity index (χ1) is 2.81. The molecule has 0 aromatic rings. The van der Waals surface area contributed by atoms with Crippen molar-refractivity contribution in [3.05, 3.63) is 0 Å². The molecular formula is C4H12N2. The second-order valence-corrected chi connectivity index (χ2v) is 1.40. The van der Waals surface area contributed by atoms with Crippen LogP contribution in [0, 0.1) is 0 Å². The molecule has 2 nitrogen and oxygen atoms in total. The van der Waals surface area contributed by atoms with Crippen LogP contribution in [-0.2, 0) is 0 Å². The first-order valence-electron chi connectivity index (χ1n) is 2.27. The minimum atomic E-state index is 0.213. The van der Waals surface area contributed by atoms with Gasteiger partial charge in [-0.1, -0.05) is 6.92 Å². The first-order valence-corrected chi connectivity index (χ1v) is 2.27. The van der Waals surface area contributed by atoms with Gasteiger partial charge in [0.1, 0.15) is 0 Å². The lowest BCUT2D eigenvalue weighted by Crippen LogP contribution is -2.28. The topological polar surface area (TPSA) is 52.0 Å². The van der Waals surface area contributed by atoms with E-state index in [1.807, 2.05) is 6.92 Å². The van der Waals surface area contributed by atoms with Crippen LogP contribution in [0.3, 0.4) is 0 Å². The van der Waals surface area contributed by atoms with E-state index in [2.05, 4.69) is 0 Å². The van der Waals surface area contributed by atoms with Crippen LogP contribution in [0.5, 0.6) is 0 Å². The van der Waals surface area contributed by atoms with Crippen LogP contribution in [0.4, 0.5) is 0 Å². The lowest BCUT2D eigenvalue weighted by molar-refractivity contribution is 0.660. The van der Waals surface area contributed by atoms with E-state index in [1.165, 1.54) is 0 Å². The molecule has 6 heavy (non-hydrogen) atoms. The second kappa shape index (κ2) is 3.12. The Hall–Kier alpha value is -0.0800. The highest BCUT2D eigenvalue weighted by Crippen LogP contribution is 1.77. The Labute approximate surface area is 38.5 Å². The van der Waals surface area contributed by atoms with Crippen molar-refractivity contribution in [3.63, 3.8) is 0 Å². The molecule has 0 rings (SSSR count). The summed E-state index contributed by atoms with van der Waals surface area (Å²) in [6.07, 6.45) is 0.983. The predicted octanol–water partition coefficient (Wildman–Crippen LogP) is -0.318. The van der Waals surface area contributed by atoms with Crippen molar-refractivity contribution in [1.29, 1.82) is 0 Å². The molecule has 0 aliphatic heterocycles. The molecule has 0 unspecified atom stereocenters. The van der Waals surface area contributed by atoms with Gasteiger partial charge in [0.05, 0.1) is 0 Å². The zero-order valence-electron chi connectivity index (χ0n) is 4.15. The van der Waals surface area contributed by atoms with Crippen LogP contribution in [0.15, 0.2) is 0 Å². The van der Waals surface area contributed by atoms with Gasteiger partial charge in [-0.25, -0.2) is 0 Å². The lowest BCUT2D eigenvalue weighted by Gasteiger charge is -1.99. The smallest absolute Gasteiger partial charge is 0.0160 e. The van der Waals surface area contributed by atoms with Gasteiger partial charge in [0.25, 0.3) is 0 Å². The molecule has 0 aromatic heterocycles. The van der Waals surface area contributed by atoms with Crippen molar-refractivity contribution in [3.8, 4) is 0 Å². The van der Waals surface area contributed by atoms with Gasteiger partial charge < -0.3 is 11.5 Å². The van der Waals surface area contributed by atoms with E-state index in [9.17, 15) is 0 Å². The third-order valence-electron chi connectivity index (χ3n) is 0.827. The van der Waals surface area contributed by atoms with Crippen molar-refractivity contribution in [2.45, 2.75) is 19.4 Å². The van der Waals surface area contributed by atoms with Crippen LogP contribution in [0.1, 0.15) is 13.3 Å². The van der Waals surface area contributed by atoms with Gasteiger partial charge in [-0.2, -0.15) is 0 Å². The fraction of sp³-hybridized carbons (Fsp3) is 1.00. The van der Waals surface area contributed by atoms with Crippen LogP contribution in [0.25, 0.3) is 0 Å². The molecule has 0 bridgehead atoms. The SMILES string of the molecule is CC[C@H](N)CN. The summed E-state index contributed by atoms with van der Waals surface area (Å²) >= 11 is 0. The van der Waals surface area contributed by atoms with Crippen molar-refractivity contribution < 1.29 is 0 Å². The Morgan fingerprint density at radius 1 is 1.67 bits per heavy atom. The maximum absolute atomic E-state index is 5.35. The van der Waals surface area contributed by atoms with Gasteiger partial charge in [-0.15, -0.1) is 0 Å². The van der Waals surface area contributed by atoms with E-state index in [0.717, 1.165) is 6.42 Å². The molecule has 0 radical (unpaired) electrons. The minimum absolute atomic E-state index is 0.213. The summed E-state index contributed by atoms with van der Waals surface area (Å²) in [4.78, 5) is 0. The Balaban J connectivity index is 2.75. The van der Waals surface area contributed by atoms with Crippen LogP contribution < -0.4 is 11.5 Å². The summed E-state index contributed by atoms with van der Waals surface area (Å²) in [6, 6.07) is 0.213. The molecule has 0 saturated carbocycles.